The molecule has 1 aliphatic carbocycles. The maximum absolute atomic E-state index is 11.0. The zero-order chi connectivity index (χ0) is 9.14. The summed E-state index contributed by atoms with van der Waals surface area (Å²) in [4.78, 5) is 21.3. The number of aliphatic hydroxyl groups excluding tert-OH is 1. The van der Waals surface area contributed by atoms with E-state index in [1.54, 1.807) is 0 Å². The van der Waals surface area contributed by atoms with Gasteiger partial charge in [0.1, 0.15) is 0 Å². The molecule has 0 aromatic heterocycles. The molecule has 0 bridgehead atoms. The van der Waals surface area contributed by atoms with Crippen LogP contribution in [-0.2, 0) is 9.59 Å². The van der Waals surface area contributed by atoms with Crippen molar-refractivity contribution in [2.45, 2.75) is 6.42 Å². The van der Waals surface area contributed by atoms with Gasteiger partial charge in [0.05, 0.1) is 18.4 Å². The number of aliphatic carboxylic acids is 1. The van der Waals surface area contributed by atoms with E-state index in [1.165, 1.54) is 0 Å². The molecule has 0 saturated heterocycles. The third-order valence-electron chi connectivity index (χ3n) is 1.86. The minimum absolute atomic E-state index is 0.115. The molecule has 1 fully saturated rings. The minimum atomic E-state index is -0.917. The van der Waals surface area contributed by atoms with Crippen LogP contribution in [0.25, 0.3) is 0 Å². The zero-order valence-electron chi connectivity index (χ0n) is 6.49. The number of hydrogen-bond donors (Lipinski definition) is 3. The molecule has 68 valence electrons. The van der Waals surface area contributed by atoms with Crippen molar-refractivity contribution in [2.75, 3.05) is 13.2 Å². The summed E-state index contributed by atoms with van der Waals surface area (Å²) in [7, 11) is 0. The lowest BCUT2D eigenvalue weighted by molar-refractivity contribution is -0.140. The predicted octanol–water partition coefficient (Wildman–Crippen LogP) is -1.18. The Balaban J connectivity index is 2.24. The van der Waals surface area contributed by atoms with Crippen molar-refractivity contribution >= 4 is 11.9 Å². The van der Waals surface area contributed by atoms with Crippen LogP contribution >= 0.6 is 0 Å². The first-order chi connectivity index (χ1) is 5.66. The average molecular weight is 173 g/mol. The van der Waals surface area contributed by atoms with Crippen molar-refractivity contribution in [1.82, 2.24) is 5.32 Å². The summed E-state index contributed by atoms with van der Waals surface area (Å²) in [5.41, 5.74) is 0. The van der Waals surface area contributed by atoms with Crippen LogP contribution in [0.1, 0.15) is 6.42 Å². The van der Waals surface area contributed by atoms with Gasteiger partial charge in [-0.1, -0.05) is 0 Å². The highest BCUT2D eigenvalue weighted by molar-refractivity contribution is 5.89. The van der Waals surface area contributed by atoms with Gasteiger partial charge in [-0.3, -0.25) is 9.59 Å². The monoisotopic (exact) mass is 173 g/mol. The lowest BCUT2D eigenvalue weighted by Gasteiger charge is -1.99. The van der Waals surface area contributed by atoms with E-state index in [0.29, 0.717) is 6.42 Å². The van der Waals surface area contributed by atoms with Crippen LogP contribution in [0.2, 0.25) is 0 Å². The Morgan fingerprint density at radius 3 is 2.50 bits per heavy atom. The molecule has 2 atom stereocenters. The van der Waals surface area contributed by atoms with E-state index in [1.807, 2.05) is 0 Å². The standard InChI is InChI=1S/C7H11NO4/c9-2-1-8-6(10)4-3-5(4)7(11)12/h4-5,9H,1-3H2,(H,8,10)(H,11,12)/t4-,5+/m1/s1. The Labute approximate surface area is 69.4 Å². The molecule has 1 aliphatic rings. The minimum Gasteiger partial charge on any atom is -0.481 e. The summed E-state index contributed by atoms with van der Waals surface area (Å²) in [5.74, 6) is -2.08. The first kappa shape index (κ1) is 8.99. The number of amides is 1. The van der Waals surface area contributed by atoms with Crippen LogP contribution < -0.4 is 5.32 Å². The lowest BCUT2D eigenvalue weighted by atomic mass is 10.3. The lowest BCUT2D eigenvalue weighted by Crippen LogP contribution is -2.28. The van der Waals surface area contributed by atoms with Crippen molar-refractivity contribution in [2.24, 2.45) is 11.8 Å². The normalized spacial score (nSPS) is 26.4. The van der Waals surface area contributed by atoms with E-state index in [9.17, 15) is 9.59 Å². The molecule has 0 radical (unpaired) electrons. The van der Waals surface area contributed by atoms with Gasteiger partial charge in [-0.15, -0.1) is 0 Å². The van der Waals surface area contributed by atoms with E-state index < -0.39 is 11.9 Å². The highest BCUT2D eigenvalue weighted by Crippen LogP contribution is 2.38. The summed E-state index contributed by atoms with van der Waals surface area (Å²) in [6.07, 6.45) is 0.423. The zero-order valence-corrected chi connectivity index (χ0v) is 6.49. The van der Waals surface area contributed by atoms with Crippen molar-refractivity contribution in [1.29, 1.82) is 0 Å². The second-order valence-electron chi connectivity index (χ2n) is 2.80. The molecule has 5 heteroatoms. The second kappa shape index (κ2) is 3.53. The summed E-state index contributed by atoms with van der Waals surface area (Å²) in [6.45, 7) is 0.0812. The van der Waals surface area contributed by atoms with Crippen LogP contribution in [0.15, 0.2) is 0 Å². The molecule has 0 heterocycles. The largest absolute Gasteiger partial charge is 0.481 e. The Bertz CT molecular complexity index is 204. The van der Waals surface area contributed by atoms with Gasteiger partial charge in [-0.05, 0) is 6.42 Å². The van der Waals surface area contributed by atoms with Crippen LogP contribution in [0.5, 0.6) is 0 Å². The van der Waals surface area contributed by atoms with E-state index in [2.05, 4.69) is 5.32 Å². The molecule has 0 unspecified atom stereocenters. The molecule has 1 saturated carbocycles. The first-order valence-corrected chi connectivity index (χ1v) is 3.78. The van der Waals surface area contributed by atoms with Crippen molar-refractivity contribution < 1.29 is 19.8 Å². The number of carbonyl (C=O) groups excluding carboxylic acids is 1. The molecule has 0 aliphatic heterocycles. The van der Waals surface area contributed by atoms with Crippen molar-refractivity contribution in [3.63, 3.8) is 0 Å². The Kier molecular flexibility index (Phi) is 2.65. The van der Waals surface area contributed by atoms with Crippen LogP contribution in [0.4, 0.5) is 0 Å². The number of aliphatic hydroxyl groups is 1. The number of carboxylic acid groups (broad SMARTS) is 1. The topological polar surface area (TPSA) is 86.6 Å². The quantitative estimate of drug-likeness (QED) is 0.499. The number of rotatable bonds is 4. The van der Waals surface area contributed by atoms with Crippen LogP contribution in [0.3, 0.4) is 0 Å². The molecule has 1 amide bonds. The highest BCUT2D eigenvalue weighted by Gasteiger charge is 2.48. The summed E-state index contributed by atoms with van der Waals surface area (Å²) in [5, 5.41) is 19.3. The molecule has 12 heavy (non-hydrogen) atoms. The Morgan fingerprint density at radius 1 is 1.42 bits per heavy atom. The van der Waals surface area contributed by atoms with Gasteiger partial charge < -0.3 is 15.5 Å². The SMILES string of the molecule is O=C(O)[C@H]1C[C@H]1C(=O)NCCO. The highest BCUT2D eigenvalue weighted by atomic mass is 16.4. The van der Waals surface area contributed by atoms with Gasteiger partial charge in [0, 0.05) is 6.54 Å². The maximum atomic E-state index is 11.0. The number of carbonyl (C=O) groups is 2. The van der Waals surface area contributed by atoms with Crippen molar-refractivity contribution in [3.8, 4) is 0 Å². The molecule has 0 aromatic rings. The molecule has 3 N–H and O–H groups in total. The van der Waals surface area contributed by atoms with E-state index in [-0.39, 0.29) is 25.0 Å². The van der Waals surface area contributed by atoms with Gasteiger partial charge in [-0.25, -0.2) is 0 Å². The molecule has 5 nitrogen and oxygen atoms in total. The van der Waals surface area contributed by atoms with Crippen LogP contribution in [0, 0.1) is 11.8 Å². The van der Waals surface area contributed by atoms with Crippen molar-refractivity contribution in [3.05, 3.63) is 0 Å². The first-order valence-electron chi connectivity index (χ1n) is 3.78. The van der Waals surface area contributed by atoms with Gasteiger partial charge in [0.2, 0.25) is 5.91 Å². The molecule has 0 aromatic carbocycles. The predicted molar refractivity (Wildman–Crippen MR) is 39.3 cm³/mol. The fourth-order valence-electron chi connectivity index (χ4n) is 1.07. The number of carboxylic acids is 1. The summed E-state index contributed by atoms with van der Waals surface area (Å²) >= 11 is 0. The fourth-order valence-corrected chi connectivity index (χ4v) is 1.07. The van der Waals surface area contributed by atoms with Gasteiger partial charge in [0.15, 0.2) is 0 Å². The summed E-state index contributed by atoms with van der Waals surface area (Å²) < 4.78 is 0. The number of hydrogen-bond acceptors (Lipinski definition) is 3. The van der Waals surface area contributed by atoms with E-state index in [4.69, 9.17) is 10.2 Å². The smallest absolute Gasteiger partial charge is 0.307 e. The van der Waals surface area contributed by atoms with E-state index >= 15 is 0 Å². The maximum Gasteiger partial charge on any atom is 0.307 e. The molecule has 0 spiro atoms. The van der Waals surface area contributed by atoms with Gasteiger partial charge in [0.25, 0.3) is 0 Å². The molecular weight excluding hydrogens is 162 g/mol. The average Bonchev–Trinajstić information content (AvgIpc) is 2.78. The van der Waals surface area contributed by atoms with Gasteiger partial charge in [-0.2, -0.15) is 0 Å². The third-order valence-corrected chi connectivity index (χ3v) is 1.86. The van der Waals surface area contributed by atoms with E-state index in [0.717, 1.165) is 0 Å². The Hall–Kier alpha value is -1.10. The Morgan fingerprint density at radius 2 is 2.08 bits per heavy atom. The fraction of sp³-hybridized carbons (Fsp3) is 0.714. The second-order valence-corrected chi connectivity index (χ2v) is 2.80. The third kappa shape index (κ3) is 1.94. The summed E-state index contributed by atoms with van der Waals surface area (Å²) in [6, 6.07) is 0. The van der Waals surface area contributed by atoms with Gasteiger partial charge >= 0.3 is 5.97 Å². The molecule has 1 rings (SSSR count). The molecular formula is C7H11NO4. The number of nitrogens with one attached hydrogen (secondary N) is 1. The van der Waals surface area contributed by atoms with Crippen LogP contribution in [-0.4, -0.2) is 35.2 Å².